The van der Waals surface area contributed by atoms with Crippen molar-refractivity contribution in [3.63, 3.8) is 0 Å². The molecule has 0 aromatic heterocycles. The lowest BCUT2D eigenvalue weighted by Crippen LogP contribution is -2.15. The lowest BCUT2D eigenvalue weighted by Gasteiger charge is -2.08. The van der Waals surface area contributed by atoms with Crippen LogP contribution >= 0.6 is 0 Å². The summed E-state index contributed by atoms with van der Waals surface area (Å²) in [6.45, 7) is 2.81. The molecule has 0 atom stereocenters. The highest BCUT2D eigenvalue weighted by atomic mass is 16.6. The van der Waals surface area contributed by atoms with Crippen LogP contribution in [0, 0.1) is 24.0 Å². The summed E-state index contributed by atoms with van der Waals surface area (Å²) >= 11 is 0. The third kappa shape index (κ3) is 5.23. The Morgan fingerprint density at radius 2 is 1.47 bits per heavy atom. The van der Waals surface area contributed by atoms with E-state index >= 15 is 0 Å². The summed E-state index contributed by atoms with van der Waals surface area (Å²) in [5.74, 6) is -1.57. The fraction of sp³-hybridized carbons (Fsp3) is 0.125. The normalized spacial score (nSPS) is 10.3. The number of nitro groups is 1. The van der Waals surface area contributed by atoms with Crippen LogP contribution in [0.4, 0.5) is 5.69 Å². The van der Waals surface area contributed by atoms with Gasteiger partial charge in [0.25, 0.3) is 5.69 Å². The zero-order valence-electron chi connectivity index (χ0n) is 17.4. The molecular formula is C24H19NO7. The van der Waals surface area contributed by atoms with Crippen LogP contribution < -0.4 is 4.74 Å². The minimum absolute atomic E-state index is 0.0189. The molecule has 0 aliphatic heterocycles. The Balaban J connectivity index is 1.60. The van der Waals surface area contributed by atoms with Crippen molar-refractivity contribution in [1.82, 2.24) is 0 Å². The summed E-state index contributed by atoms with van der Waals surface area (Å²) in [6.07, 6.45) is 0. The second-order valence-corrected chi connectivity index (χ2v) is 6.99. The van der Waals surface area contributed by atoms with Gasteiger partial charge in [0.1, 0.15) is 5.75 Å². The number of Topliss-reactive ketones (excluding diaryl/α,β-unsaturated/α-hetero) is 1. The van der Waals surface area contributed by atoms with Gasteiger partial charge in [-0.25, -0.2) is 9.59 Å². The van der Waals surface area contributed by atoms with Crippen molar-refractivity contribution in [3.05, 3.63) is 105 Å². The highest BCUT2D eigenvalue weighted by Gasteiger charge is 2.20. The zero-order chi connectivity index (χ0) is 23.3. The molecule has 0 fully saturated rings. The molecule has 0 saturated carbocycles. The lowest BCUT2D eigenvalue weighted by molar-refractivity contribution is -0.385. The number of nitrogens with zero attached hydrogens (tertiary/aromatic N) is 1. The van der Waals surface area contributed by atoms with E-state index < -0.39 is 29.3 Å². The van der Waals surface area contributed by atoms with Crippen molar-refractivity contribution >= 4 is 23.4 Å². The van der Waals surface area contributed by atoms with E-state index in [0.29, 0.717) is 5.56 Å². The van der Waals surface area contributed by atoms with Crippen LogP contribution in [0.1, 0.15) is 42.2 Å². The second-order valence-electron chi connectivity index (χ2n) is 6.99. The molecule has 0 heterocycles. The van der Waals surface area contributed by atoms with Crippen LogP contribution in [-0.4, -0.2) is 29.3 Å². The van der Waals surface area contributed by atoms with Gasteiger partial charge >= 0.3 is 11.9 Å². The molecule has 0 saturated heterocycles. The summed E-state index contributed by atoms with van der Waals surface area (Å²) in [5, 5.41) is 11.0. The molecular weight excluding hydrogens is 414 g/mol. The first-order valence-electron chi connectivity index (χ1n) is 9.59. The third-order valence-electron chi connectivity index (χ3n) is 4.73. The first-order chi connectivity index (χ1) is 15.3. The van der Waals surface area contributed by atoms with Crippen LogP contribution in [0.25, 0.3) is 0 Å². The maximum absolute atomic E-state index is 12.3. The molecule has 8 heteroatoms. The number of aryl methyl sites for hydroxylation is 1. The lowest BCUT2D eigenvalue weighted by atomic mass is 10.1. The molecule has 0 bridgehead atoms. The van der Waals surface area contributed by atoms with Crippen molar-refractivity contribution in [2.24, 2.45) is 0 Å². The fourth-order valence-corrected chi connectivity index (χ4v) is 2.90. The predicted molar refractivity (Wildman–Crippen MR) is 115 cm³/mol. The monoisotopic (exact) mass is 433 g/mol. The molecule has 8 nitrogen and oxygen atoms in total. The van der Waals surface area contributed by atoms with Crippen molar-refractivity contribution in [2.75, 3.05) is 6.61 Å². The number of ether oxygens (including phenoxy) is 2. The molecule has 32 heavy (non-hydrogen) atoms. The van der Waals surface area contributed by atoms with Gasteiger partial charge in [-0.1, -0.05) is 23.8 Å². The molecule has 0 aliphatic rings. The largest absolute Gasteiger partial charge is 0.454 e. The molecule has 0 amide bonds. The van der Waals surface area contributed by atoms with E-state index in [4.69, 9.17) is 9.47 Å². The number of rotatable bonds is 7. The minimum atomic E-state index is -0.830. The minimum Gasteiger partial charge on any atom is -0.454 e. The van der Waals surface area contributed by atoms with Gasteiger partial charge in [0, 0.05) is 17.2 Å². The molecule has 0 aliphatic carbocycles. The first kappa shape index (κ1) is 22.4. The summed E-state index contributed by atoms with van der Waals surface area (Å²) in [4.78, 5) is 47.2. The molecule has 0 N–H and O–H groups in total. The molecule has 3 aromatic rings. The average Bonchev–Trinajstić information content (AvgIpc) is 2.78. The SMILES string of the molecule is Cc1ccc(C(=O)Oc2ccc(C(=O)COC(=O)c3cccc([N+](=O)[O-])c3C)cc2)cc1. The van der Waals surface area contributed by atoms with E-state index in [-0.39, 0.29) is 28.1 Å². The predicted octanol–water partition coefficient (Wildman–Crippen LogP) is 4.47. The molecule has 3 rings (SSSR count). The Morgan fingerprint density at radius 3 is 2.09 bits per heavy atom. The third-order valence-corrected chi connectivity index (χ3v) is 4.73. The van der Waals surface area contributed by atoms with Crippen LogP contribution in [0.5, 0.6) is 5.75 Å². The number of carbonyl (C=O) groups is 3. The number of benzene rings is 3. The van der Waals surface area contributed by atoms with E-state index in [1.54, 1.807) is 24.3 Å². The highest BCUT2D eigenvalue weighted by molar-refractivity contribution is 6.00. The van der Waals surface area contributed by atoms with Crippen LogP contribution in [-0.2, 0) is 4.74 Å². The molecule has 0 unspecified atom stereocenters. The summed E-state index contributed by atoms with van der Waals surface area (Å²) < 4.78 is 10.3. The smallest absolute Gasteiger partial charge is 0.343 e. The number of hydrogen-bond acceptors (Lipinski definition) is 7. The van der Waals surface area contributed by atoms with E-state index in [0.717, 1.165) is 5.56 Å². The number of hydrogen-bond donors (Lipinski definition) is 0. The zero-order valence-corrected chi connectivity index (χ0v) is 17.4. The standard InChI is InChI=1S/C24H19NO7/c1-15-6-8-18(9-7-15)23(27)32-19-12-10-17(11-13-19)22(26)14-31-24(28)20-4-3-5-21(16(20)2)25(29)30/h3-13H,14H2,1-2H3. The van der Waals surface area contributed by atoms with Gasteiger partial charge in [-0.15, -0.1) is 0 Å². The summed E-state index contributed by atoms with van der Waals surface area (Å²) in [5.41, 5.74) is 1.65. The van der Waals surface area contributed by atoms with Gasteiger partial charge < -0.3 is 9.47 Å². The first-order valence-corrected chi connectivity index (χ1v) is 9.59. The van der Waals surface area contributed by atoms with Gasteiger partial charge in [-0.05, 0) is 56.3 Å². The Morgan fingerprint density at radius 1 is 0.844 bits per heavy atom. The van der Waals surface area contributed by atoms with Gasteiger partial charge in [-0.2, -0.15) is 0 Å². The highest BCUT2D eigenvalue weighted by Crippen LogP contribution is 2.22. The molecule has 0 spiro atoms. The van der Waals surface area contributed by atoms with E-state index in [9.17, 15) is 24.5 Å². The maximum atomic E-state index is 12.3. The van der Waals surface area contributed by atoms with Crippen molar-refractivity contribution in [3.8, 4) is 5.75 Å². The molecule has 3 aromatic carbocycles. The maximum Gasteiger partial charge on any atom is 0.343 e. The van der Waals surface area contributed by atoms with E-state index in [1.165, 1.54) is 49.4 Å². The fourth-order valence-electron chi connectivity index (χ4n) is 2.90. The summed E-state index contributed by atoms with van der Waals surface area (Å²) in [7, 11) is 0. The Hall–Kier alpha value is -4.33. The van der Waals surface area contributed by atoms with Gasteiger partial charge in [-0.3, -0.25) is 14.9 Å². The van der Waals surface area contributed by atoms with Crippen molar-refractivity contribution in [2.45, 2.75) is 13.8 Å². The van der Waals surface area contributed by atoms with Gasteiger partial charge in [0.05, 0.1) is 16.1 Å². The van der Waals surface area contributed by atoms with E-state index in [2.05, 4.69) is 0 Å². The number of carbonyl (C=O) groups excluding carboxylic acids is 3. The Labute approximate surface area is 183 Å². The number of esters is 2. The molecule has 0 radical (unpaired) electrons. The van der Waals surface area contributed by atoms with Crippen molar-refractivity contribution in [1.29, 1.82) is 0 Å². The van der Waals surface area contributed by atoms with E-state index in [1.807, 2.05) is 6.92 Å². The van der Waals surface area contributed by atoms with Crippen LogP contribution in [0.2, 0.25) is 0 Å². The van der Waals surface area contributed by atoms with Gasteiger partial charge in [0.15, 0.2) is 12.4 Å². The summed E-state index contributed by atoms with van der Waals surface area (Å²) in [6, 6.07) is 16.8. The Bertz CT molecular complexity index is 1180. The quantitative estimate of drug-likeness (QED) is 0.178. The van der Waals surface area contributed by atoms with Crippen molar-refractivity contribution < 1.29 is 28.8 Å². The molecule has 162 valence electrons. The Kier molecular flexibility index (Phi) is 6.74. The van der Waals surface area contributed by atoms with Crippen LogP contribution in [0.3, 0.4) is 0 Å². The number of ketones is 1. The topological polar surface area (TPSA) is 113 Å². The number of nitro benzene ring substituents is 1. The average molecular weight is 433 g/mol. The second kappa shape index (κ2) is 9.65. The van der Waals surface area contributed by atoms with Gasteiger partial charge in [0.2, 0.25) is 0 Å². The van der Waals surface area contributed by atoms with Crippen LogP contribution in [0.15, 0.2) is 66.7 Å².